The quantitative estimate of drug-likeness (QED) is 0.0553. The molecule has 564 valence electrons. The van der Waals surface area contributed by atoms with E-state index in [4.69, 9.17) is 61.6 Å². The zero-order valence-corrected chi connectivity index (χ0v) is 69.2. The third-order valence-electron chi connectivity index (χ3n) is 10.8. The molecule has 0 atom stereocenters. The van der Waals surface area contributed by atoms with E-state index in [2.05, 4.69) is 150 Å². The molecular weight excluding hydrogens is 1150 g/mol. The van der Waals surface area contributed by atoms with Crippen molar-refractivity contribution in [2.45, 2.75) is 375 Å². The third kappa shape index (κ3) is 165. The van der Waals surface area contributed by atoms with Crippen LogP contribution in [0.25, 0.3) is 0 Å². The highest BCUT2D eigenvalue weighted by Crippen LogP contribution is 2.13. The summed E-state index contributed by atoms with van der Waals surface area (Å²) in [6.07, 6.45) is 20.2. The lowest BCUT2D eigenvalue weighted by molar-refractivity contribution is -0.0273. The first-order valence-electron chi connectivity index (χ1n) is 35.8. The molecule has 0 spiro atoms. The van der Waals surface area contributed by atoms with Gasteiger partial charge in [0.2, 0.25) is 0 Å². The maximum atomic E-state index is 5.68. The summed E-state index contributed by atoms with van der Waals surface area (Å²) in [5.74, 6) is 0. The van der Waals surface area contributed by atoms with E-state index >= 15 is 0 Å². The van der Waals surface area contributed by atoms with Gasteiger partial charge in [-0.3, -0.25) is 0 Å². The van der Waals surface area contributed by atoms with Gasteiger partial charge in [-0.2, -0.15) is 0 Å². The van der Waals surface area contributed by atoms with E-state index in [-0.39, 0.29) is 50.4 Å². The lowest BCUT2D eigenvalue weighted by Crippen LogP contribution is -2.25. The average Bonchev–Trinajstić information content (AvgIpc) is 3.52. The van der Waals surface area contributed by atoms with Crippen LogP contribution in [0.15, 0.2) is 0 Å². The summed E-state index contributed by atoms with van der Waals surface area (Å²) in [5.41, 5.74) is 0.0951. The van der Waals surface area contributed by atoms with Crippen LogP contribution >= 0.6 is 0 Å². The Kier molecular flexibility index (Phi) is 83.1. The molecule has 0 aromatic carbocycles. The Labute approximate surface area is 573 Å². The standard InChI is InChI=1S/C13H29NO.4C9H20O.4C7H16O2/c1-6-7-8-10-14(5)11-9-12-15-13(2,3)4;4*1-5-6-7-8-10-9(2,3)4;4*1-7(2,3)9-6-5-8-4/h6-12H2,1-5H3;4*5-8H2,1-4H3;4*5-6H2,1-4H3. The van der Waals surface area contributed by atoms with Gasteiger partial charge in [-0.1, -0.05) is 98.8 Å². The monoisotopic (exact) mass is 1320 g/mol. The Balaban J connectivity index is -0.000000119. The van der Waals surface area contributed by atoms with Crippen LogP contribution in [0.4, 0.5) is 0 Å². The summed E-state index contributed by atoms with van der Waals surface area (Å²) in [6.45, 7) is 79.3. The Hall–Kier alpha value is -0.560. The minimum absolute atomic E-state index is 0.0147. The number of hydrogen-bond acceptors (Lipinski definition) is 14. The lowest BCUT2D eigenvalue weighted by Gasteiger charge is -2.21. The van der Waals surface area contributed by atoms with Crippen LogP contribution < -0.4 is 0 Å². The molecule has 0 unspecified atom stereocenters. The highest BCUT2D eigenvalue weighted by molar-refractivity contribution is 4.64. The Morgan fingerprint density at radius 3 is 0.484 bits per heavy atom. The Bertz CT molecular complexity index is 1150. The first-order chi connectivity index (χ1) is 41.4. The fraction of sp³-hybridized carbons (Fsp3) is 1.00. The second kappa shape index (κ2) is 69.3. The molecule has 91 heavy (non-hydrogen) atoms. The lowest BCUT2D eigenvalue weighted by atomic mass is 10.2. The van der Waals surface area contributed by atoms with Gasteiger partial charge >= 0.3 is 0 Å². The molecule has 14 nitrogen and oxygen atoms in total. The molecule has 0 aliphatic carbocycles. The molecule has 0 N–H and O–H groups in total. The molecule has 0 heterocycles. The Morgan fingerprint density at radius 1 is 0.187 bits per heavy atom. The summed E-state index contributed by atoms with van der Waals surface area (Å²) in [4.78, 5) is 2.40. The minimum Gasteiger partial charge on any atom is -0.382 e. The molecule has 0 aromatic rings. The molecular formula is C77H173NO13. The molecule has 0 radical (unpaired) electrons. The van der Waals surface area contributed by atoms with Crippen LogP contribution in [0, 0.1) is 0 Å². The zero-order valence-electron chi connectivity index (χ0n) is 69.2. The molecule has 0 fully saturated rings. The molecule has 0 aromatic heterocycles. The zero-order chi connectivity index (χ0) is 73.2. The highest BCUT2D eigenvalue weighted by Gasteiger charge is 2.14. The summed E-state index contributed by atoms with van der Waals surface area (Å²) >= 11 is 0. The highest BCUT2D eigenvalue weighted by atomic mass is 16.5. The fourth-order valence-electron chi connectivity index (χ4n) is 6.10. The normalized spacial score (nSPS) is 12.1. The second-order valence-electron chi connectivity index (χ2n) is 31.8. The van der Waals surface area contributed by atoms with Gasteiger partial charge in [0, 0.05) is 68.0 Å². The molecule has 0 bridgehead atoms. The van der Waals surface area contributed by atoms with Crippen molar-refractivity contribution in [1.29, 1.82) is 0 Å². The van der Waals surface area contributed by atoms with Crippen LogP contribution in [0.2, 0.25) is 0 Å². The van der Waals surface area contributed by atoms with Crippen molar-refractivity contribution >= 4 is 0 Å². The number of hydrogen-bond donors (Lipinski definition) is 0. The second-order valence-corrected chi connectivity index (χ2v) is 31.8. The third-order valence-corrected chi connectivity index (χ3v) is 10.8. The fourth-order valence-corrected chi connectivity index (χ4v) is 6.10. The van der Waals surface area contributed by atoms with Gasteiger partial charge in [-0.05, 0) is 239 Å². The Morgan fingerprint density at radius 2 is 0.330 bits per heavy atom. The van der Waals surface area contributed by atoms with E-state index in [9.17, 15) is 0 Å². The smallest absolute Gasteiger partial charge is 0.0707 e. The van der Waals surface area contributed by atoms with Gasteiger partial charge in [0.25, 0.3) is 0 Å². The van der Waals surface area contributed by atoms with E-state index in [0.717, 1.165) is 46.0 Å². The molecule has 14 heteroatoms. The average molecular weight is 1320 g/mol. The first kappa shape index (κ1) is 109. The van der Waals surface area contributed by atoms with Gasteiger partial charge in [-0.15, -0.1) is 0 Å². The number of methoxy groups -OCH3 is 4. The van der Waals surface area contributed by atoms with Gasteiger partial charge in [-0.25, -0.2) is 0 Å². The SMILES string of the molecule is CCCCCN(C)CCCOC(C)(C)C.CCCCCOC(C)(C)C.CCCCCOC(C)(C)C.CCCCCOC(C)(C)C.CCCCCOC(C)(C)C.COCCOC(C)(C)C.COCCOC(C)(C)C.COCCOC(C)(C)C.COCCOC(C)(C)C. The van der Waals surface area contributed by atoms with Crippen molar-refractivity contribution in [3.05, 3.63) is 0 Å². The molecule has 0 saturated carbocycles. The summed E-state index contributed by atoms with van der Waals surface area (Å²) < 4.78 is 68.4. The maximum Gasteiger partial charge on any atom is 0.0707 e. The topological polar surface area (TPSA) is 123 Å². The summed E-state index contributed by atoms with van der Waals surface area (Å²) in [7, 11) is 8.89. The van der Waals surface area contributed by atoms with E-state index in [1.54, 1.807) is 28.4 Å². The van der Waals surface area contributed by atoms with E-state index in [1.807, 2.05) is 83.1 Å². The van der Waals surface area contributed by atoms with Crippen molar-refractivity contribution in [3.63, 3.8) is 0 Å². The molecule has 0 amide bonds. The van der Waals surface area contributed by atoms with Crippen LogP contribution in [0.1, 0.15) is 324 Å². The van der Waals surface area contributed by atoms with Crippen molar-refractivity contribution in [2.75, 3.05) is 134 Å². The van der Waals surface area contributed by atoms with E-state index in [1.165, 1.54) is 103 Å². The van der Waals surface area contributed by atoms with Crippen molar-refractivity contribution in [1.82, 2.24) is 4.90 Å². The van der Waals surface area contributed by atoms with Gasteiger partial charge in [0.15, 0.2) is 0 Å². The predicted molar refractivity (Wildman–Crippen MR) is 399 cm³/mol. The van der Waals surface area contributed by atoms with Crippen LogP contribution in [-0.4, -0.2) is 190 Å². The number of rotatable bonds is 36. The van der Waals surface area contributed by atoms with Crippen molar-refractivity contribution < 1.29 is 61.6 Å². The summed E-state index contributed by atoms with van der Waals surface area (Å²) in [5, 5.41) is 0. The van der Waals surface area contributed by atoms with Gasteiger partial charge in [0.05, 0.1) is 103 Å². The maximum absolute atomic E-state index is 5.68. The van der Waals surface area contributed by atoms with Crippen molar-refractivity contribution in [3.8, 4) is 0 Å². The van der Waals surface area contributed by atoms with E-state index < -0.39 is 0 Å². The molecule has 0 aliphatic heterocycles. The van der Waals surface area contributed by atoms with Crippen LogP contribution in [0.5, 0.6) is 0 Å². The van der Waals surface area contributed by atoms with Crippen LogP contribution in [-0.2, 0) is 61.6 Å². The molecule has 0 rings (SSSR count). The van der Waals surface area contributed by atoms with Crippen LogP contribution in [0.3, 0.4) is 0 Å². The van der Waals surface area contributed by atoms with Gasteiger partial charge in [0.1, 0.15) is 0 Å². The predicted octanol–water partition coefficient (Wildman–Crippen LogP) is 21.1. The van der Waals surface area contributed by atoms with E-state index in [0.29, 0.717) is 52.9 Å². The van der Waals surface area contributed by atoms with Gasteiger partial charge < -0.3 is 66.5 Å². The van der Waals surface area contributed by atoms with Crippen molar-refractivity contribution in [2.24, 2.45) is 0 Å². The number of unbranched alkanes of at least 4 members (excludes halogenated alkanes) is 10. The molecule has 0 aliphatic rings. The largest absolute Gasteiger partial charge is 0.382 e. The first-order valence-corrected chi connectivity index (χ1v) is 35.8. The minimum atomic E-state index is -0.0292. The summed E-state index contributed by atoms with van der Waals surface area (Å²) in [6, 6.07) is 0. The molecule has 0 saturated heterocycles. The number of nitrogens with zero attached hydrogens (tertiary/aromatic N) is 1. The number of ether oxygens (including phenoxy) is 13.